The molecule has 0 N–H and O–H groups in total. The molecule has 2 atom stereocenters. The minimum Gasteiger partial charge on any atom is -0.497 e. The second-order valence-corrected chi connectivity index (χ2v) is 9.70. The summed E-state index contributed by atoms with van der Waals surface area (Å²) in [4.78, 5) is 13.3. The molecule has 150 valence electrons. The first-order chi connectivity index (χ1) is 13.9. The van der Waals surface area contributed by atoms with Gasteiger partial charge in [0.05, 0.1) is 18.0 Å². The van der Waals surface area contributed by atoms with Crippen LogP contribution in [0.3, 0.4) is 0 Å². The maximum atomic E-state index is 13.4. The second-order valence-electron chi connectivity index (χ2n) is 7.08. The van der Waals surface area contributed by atoms with Gasteiger partial charge >= 0.3 is 0 Å². The van der Waals surface area contributed by atoms with Gasteiger partial charge in [-0.25, -0.2) is 8.42 Å². The average Bonchev–Trinajstić information content (AvgIpc) is 3.15. The van der Waals surface area contributed by atoms with Gasteiger partial charge in [-0.05, 0) is 53.6 Å². The van der Waals surface area contributed by atoms with Crippen molar-refractivity contribution in [3.05, 3.63) is 72.3 Å². The number of sulfonamides is 1. The number of ether oxygens (including phenoxy) is 1. The number of fused-ring (bicyclic) bond motifs is 1. The fourth-order valence-electron chi connectivity index (χ4n) is 3.70. The quantitative estimate of drug-likeness (QED) is 0.497. The number of thiol groups is 1. The van der Waals surface area contributed by atoms with Crippen molar-refractivity contribution in [3.63, 3.8) is 0 Å². The number of carbonyl (C=O) groups excluding carboxylic acids is 1. The highest BCUT2D eigenvalue weighted by Gasteiger charge is 2.43. The standard InChI is InChI=1S/C22H21NO4S2/c1-27-18-9-6-16(7-10-18)22(24)21-13-19(28)14-23(21)29(25,26)20-11-8-15-4-2-3-5-17(15)12-20/h2-12,19,21,28H,13-14H2,1H3. The van der Waals surface area contributed by atoms with Crippen LogP contribution in [0.15, 0.2) is 71.6 Å². The summed E-state index contributed by atoms with van der Waals surface area (Å²) in [5, 5.41) is 1.61. The summed E-state index contributed by atoms with van der Waals surface area (Å²) in [7, 11) is -2.29. The van der Waals surface area contributed by atoms with E-state index in [2.05, 4.69) is 12.6 Å². The molecule has 3 aromatic carbocycles. The van der Waals surface area contributed by atoms with Crippen molar-refractivity contribution in [2.24, 2.45) is 0 Å². The zero-order valence-electron chi connectivity index (χ0n) is 15.9. The summed E-state index contributed by atoms with van der Waals surface area (Å²) in [6.45, 7) is 0.199. The van der Waals surface area contributed by atoms with Gasteiger partial charge in [0.15, 0.2) is 5.78 Å². The van der Waals surface area contributed by atoms with E-state index in [1.54, 1.807) is 49.6 Å². The highest BCUT2D eigenvalue weighted by Crippen LogP contribution is 2.32. The Bertz CT molecular complexity index is 1160. The number of benzene rings is 3. The van der Waals surface area contributed by atoms with Crippen LogP contribution < -0.4 is 4.74 Å². The lowest BCUT2D eigenvalue weighted by Gasteiger charge is -2.23. The molecule has 7 heteroatoms. The van der Waals surface area contributed by atoms with Gasteiger partial charge < -0.3 is 4.74 Å². The third-order valence-corrected chi connectivity index (χ3v) is 7.48. The van der Waals surface area contributed by atoms with Gasteiger partial charge in [-0.1, -0.05) is 30.3 Å². The number of hydrogen-bond donors (Lipinski definition) is 1. The Balaban J connectivity index is 1.69. The van der Waals surface area contributed by atoms with Crippen molar-refractivity contribution < 1.29 is 17.9 Å². The number of Topliss-reactive ketones (excluding diaryl/α,β-unsaturated/α-hetero) is 1. The van der Waals surface area contributed by atoms with E-state index in [9.17, 15) is 13.2 Å². The van der Waals surface area contributed by atoms with Gasteiger partial charge in [0.2, 0.25) is 10.0 Å². The van der Waals surface area contributed by atoms with E-state index < -0.39 is 16.1 Å². The number of nitrogens with zero attached hydrogens (tertiary/aromatic N) is 1. The Morgan fingerprint density at radius 2 is 1.72 bits per heavy atom. The number of rotatable bonds is 5. The molecule has 1 fully saturated rings. The Hall–Kier alpha value is -2.35. The Morgan fingerprint density at radius 3 is 2.41 bits per heavy atom. The van der Waals surface area contributed by atoms with Gasteiger partial charge in [0.1, 0.15) is 5.75 Å². The van der Waals surface area contributed by atoms with E-state index >= 15 is 0 Å². The molecule has 2 unspecified atom stereocenters. The van der Waals surface area contributed by atoms with Crippen LogP contribution >= 0.6 is 12.6 Å². The van der Waals surface area contributed by atoms with Gasteiger partial charge in [0, 0.05) is 17.4 Å². The predicted molar refractivity (Wildman–Crippen MR) is 116 cm³/mol. The molecule has 5 nitrogen and oxygen atoms in total. The van der Waals surface area contributed by atoms with Gasteiger partial charge in [0.25, 0.3) is 0 Å². The molecule has 0 spiro atoms. The fourth-order valence-corrected chi connectivity index (χ4v) is 5.86. The highest BCUT2D eigenvalue weighted by atomic mass is 32.2. The van der Waals surface area contributed by atoms with Crippen molar-refractivity contribution in [2.45, 2.75) is 22.6 Å². The molecule has 4 rings (SSSR count). The molecule has 1 aliphatic rings. The van der Waals surface area contributed by atoms with E-state index in [0.717, 1.165) is 10.8 Å². The molecule has 3 aromatic rings. The summed E-state index contributed by atoms with van der Waals surface area (Å²) < 4.78 is 33.2. The van der Waals surface area contributed by atoms with Crippen molar-refractivity contribution >= 4 is 39.2 Å². The molecule has 1 heterocycles. The molecular weight excluding hydrogens is 406 g/mol. The maximum absolute atomic E-state index is 13.4. The minimum absolute atomic E-state index is 0.186. The van der Waals surface area contributed by atoms with Crippen LogP contribution in [0.4, 0.5) is 0 Å². The SMILES string of the molecule is COc1ccc(C(=O)C2CC(S)CN2S(=O)(=O)c2ccc3ccccc3c2)cc1. The van der Waals surface area contributed by atoms with Crippen molar-refractivity contribution in [3.8, 4) is 5.75 Å². The van der Waals surface area contributed by atoms with E-state index in [0.29, 0.717) is 17.7 Å². The van der Waals surface area contributed by atoms with E-state index in [1.165, 1.54) is 4.31 Å². The fraction of sp³-hybridized carbons (Fsp3) is 0.227. The van der Waals surface area contributed by atoms with Gasteiger partial charge in [-0.3, -0.25) is 4.79 Å². The lowest BCUT2D eigenvalue weighted by atomic mass is 10.0. The molecule has 0 bridgehead atoms. The number of ketones is 1. The first-order valence-corrected chi connectivity index (χ1v) is 11.2. The summed E-state index contributed by atoms with van der Waals surface area (Å²) in [6.07, 6.45) is 0.376. The monoisotopic (exact) mass is 427 g/mol. The lowest BCUT2D eigenvalue weighted by Crippen LogP contribution is -2.40. The lowest BCUT2D eigenvalue weighted by molar-refractivity contribution is 0.0918. The summed E-state index contributed by atoms with van der Waals surface area (Å²) in [5.74, 6) is 0.411. The Kier molecular flexibility index (Phi) is 5.38. The van der Waals surface area contributed by atoms with E-state index in [4.69, 9.17) is 4.74 Å². The zero-order valence-corrected chi connectivity index (χ0v) is 17.6. The molecule has 1 saturated heterocycles. The van der Waals surface area contributed by atoms with Crippen LogP contribution in [0.2, 0.25) is 0 Å². The summed E-state index contributed by atoms with van der Waals surface area (Å²) >= 11 is 4.47. The molecular formula is C22H21NO4S2. The van der Waals surface area contributed by atoms with Crippen LogP contribution in [0, 0.1) is 0 Å². The number of methoxy groups -OCH3 is 1. The third-order valence-electron chi connectivity index (χ3n) is 5.24. The number of carbonyl (C=O) groups is 1. The average molecular weight is 428 g/mol. The molecule has 0 amide bonds. The molecule has 29 heavy (non-hydrogen) atoms. The minimum atomic E-state index is -3.84. The molecule has 0 saturated carbocycles. The van der Waals surface area contributed by atoms with Crippen LogP contribution in [-0.2, 0) is 10.0 Å². The summed E-state index contributed by atoms with van der Waals surface area (Å²) in [5.41, 5.74) is 0.456. The predicted octanol–water partition coefficient (Wildman–Crippen LogP) is 3.79. The first-order valence-electron chi connectivity index (χ1n) is 9.27. The van der Waals surface area contributed by atoms with Gasteiger partial charge in [-0.2, -0.15) is 16.9 Å². The molecule has 0 aliphatic carbocycles. The molecule has 0 radical (unpaired) electrons. The highest BCUT2D eigenvalue weighted by molar-refractivity contribution is 7.89. The maximum Gasteiger partial charge on any atom is 0.243 e. The second kappa shape index (κ2) is 7.82. The van der Waals surface area contributed by atoms with Gasteiger partial charge in [-0.15, -0.1) is 0 Å². The number of hydrogen-bond acceptors (Lipinski definition) is 5. The zero-order chi connectivity index (χ0) is 20.6. The van der Waals surface area contributed by atoms with E-state index in [-0.39, 0.29) is 22.5 Å². The van der Waals surface area contributed by atoms with Crippen LogP contribution in [0.5, 0.6) is 5.75 Å². The smallest absolute Gasteiger partial charge is 0.243 e. The Morgan fingerprint density at radius 1 is 1.03 bits per heavy atom. The van der Waals surface area contributed by atoms with Crippen molar-refractivity contribution in [1.82, 2.24) is 4.31 Å². The third kappa shape index (κ3) is 3.77. The largest absolute Gasteiger partial charge is 0.497 e. The summed E-state index contributed by atoms with van der Waals surface area (Å²) in [6, 6.07) is 18.6. The normalized spacial score (nSPS) is 20.1. The topological polar surface area (TPSA) is 63.7 Å². The van der Waals surface area contributed by atoms with Crippen LogP contribution in [0.1, 0.15) is 16.8 Å². The molecule has 0 aromatic heterocycles. The van der Waals surface area contributed by atoms with E-state index in [1.807, 2.05) is 24.3 Å². The molecule has 1 aliphatic heterocycles. The Labute approximate surface area is 175 Å². The van der Waals surface area contributed by atoms with Crippen molar-refractivity contribution in [1.29, 1.82) is 0 Å². The van der Waals surface area contributed by atoms with Crippen molar-refractivity contribution in [2.75, 3.05) is 13.7 Å². The van der Waals surface area contributed by atoms with Crippen LogP contribution in [-0.4, -0.2) is 43.5 Å². The first kappa shape index (κ1) is 19.9. The van der Waals surface area contributed by atoms with Crippen LogP contribution in [0.25, 0.3) is 10.8 Å².